The minimum atomic E-state index is -3.34. The lowest BCUT2D eigenvalue weighted by atomic mass is 9.89. The molecule has 0 aromatic carbocycles. The number of pyridine rings is 1. The number of halogens is 4. The van der Waals surface area contributed by atoms with E-state index >= 15 is 0 Å². The second-order valence-electron chi connectivity index (χ2n) is 7.40. The van der Waals surface area contributed by atoms with Crippen molar-refractivity contribution < 1.29 is 22.4 Å². The van der Waals surface area contributed by atoms with Gasteiger partial charge in [-0.1, -0.05) is 0 Å². The van der Waals surface area contributed by atoms with E-state index in [9.17, 15) is 22.4 Å². The summed E-state index contributed by atoms with van der Waals surface area (Å²) in [6.45, 7) is -0.197. The van der Waals surface area contributed by atoms with Crippen molar-refractivity contribution in [1.82, 2.24) is 19.7 Å². The van der Waals surface area contributed by atoms with Crippen LogP contribution >= 0.6 is 0 Å². The number of amides is 1. The number of anilines is 1. The fraction of sp³-hybridized carbons (Fsp3) is 0.500. The van der Waals surface area contributed by atoms with Gasteiger partial charge in [-0.05, 0) is 25.0 Å². The lowest BCUT2D eigenvalue weighted by Crippen LogP contribution is -2.63. The molecule has 150 valence electrons. The number of aromatic nitrogens is 3. The molecule has 1 unspecified atom stereocenters. The van der Waals surface area contributed by atoms with Gasteiger partial charge in [-0.15, -0.1) is 0 Å². The number of nitrogens with zero attached hydrogens (tertiary/aromatic N) is 5. The number of likely N-dealkylation sites (tertiary alicyclic amines) is 1. The number of alkyl halides is 4. The summed E-state index contributed by atoms with van der Waals surface area (Å²) >= 11 is 0. The fourth-order valence-corrected chi connectivity index (χ4v) is 3.70. The molecule has 0 N–H and O–H groups in total. The average Bonchev–Trinajstić information content (AvgIpc) is 3.04. The average molecular weight is 397 g/mol. The van der Waals surface area contributed by atoms with Crippen molar-refractivity contribution in [3.8, 4) is 5.69 Å². The Morgan fingerprint density at radius 3 is 2.50 bits per heavy atom. The fourth-order valence-electron chi connectivity index (χ4n) is 3.70. The number of aryl methyl sites for hydroxylation is 1. The molecule has 2 aromatic heterocycles. The number of rotatable bonds is 3. The highest BCUT2D eigenvalue weighted by Crippen LogP contribution is 2.39. The summed E-state index contributed by atoms with van der Waals surface area (Å²) in [5.74, 6) is -8.80. The maximum atomic E-state index is 14.8. The predicted molar refractivity (Wildman–Crippen MR) is 92.9 cm³/mol. The molecular formula is C18H19F4N5O. The zero-order chi connectivity index (χ0) is 20.1. The van der Waals surface area contributed by atoms with Crippen molar-refractivity contribution in [2.45, 2.75) is 25.2 Å². The summed E-state index contributed by atoms with van der Waals surface area (Å²) in [4.78, 5) is 18.6. The zero-order valence-corrected chi connectivity index (χ0v) is 15.2. The van der Waals surface area contributed by atoms with E-state index in [-0.39, 0.29) is 13.0 Å². The van der Waals surface area contributed by atoms with Crippen LogP contribution in [0.3, 0.4) is 0 Å². The summed E-state index contributed by atoms with van der Waals surface area (Å²) in [7, 11) is 0. The second-order valence-corrected chi connectivity index (χ2v) is 7.40. The van der Waals surface area contributed by atoms with Gasteiger partial charge in [-0.3, -0.25) is 9.78 Å². The van der Waals surface area contributed by atoms with E-state index in [2.05, 4.69) is 10.1 Å². The van der Waals surface area contributed by atoms with E-state index in [1.54, 1.807) is 29.3 Å². The lowest BCUT2D eigenvalue weighted by molar-refractivity contribution is -0.181. The van der Waals surface area contributed by atoms with Gasteiger partial charge in [0.2, 0.25) is 5.91 Å². The van der Waals surface area contributed by atoms with Gasteiger partial charge in [0.1, 0.15) is 5.92 Å². The van der Waals surface area contributed by atoms with Gasteiger partial charge >= 0.3 is 0 Å². The first kappa shape index (κ1) is 18.7. The van der Waals surface area contributed by atoms with Crippen LogP contribution in [0.15, 0.2) is 30.9 Å². The number of carbonyl (C=O) groups is 1. The molecule has 0 saturated carbocycles. The van der Waals surface area contributed by atoms with Crippen molar-refractivity contribution in [3.63, 3.8) is 0 Å². The van der Waals surface area contributed by atoms with Crippen LogP contribution in [0.1, 0.15) is 12.0 Å². The van der Waals surface area contributed by atoms with Crippen LogP contribution in [0.25, 0.3) is 5.69 Å². The first-order chi connectivity index (χ1) is 13.2. The summed E-state index contributed by atoms with van der Waals surface area (Å²) in [6, 6.07) is 1.68. The Bertz CT molecular complexity index is 892. The van der Waals surface area contributed by atoms with Gasteiger partial charge in [0.25, 0.3) is 11.8 Å². The Morgan fingerprint density at radius 1 is 1.14 bits per heavy atom. The van der Waals surface area contributed by atoms with Crippen LogP contribution in [0.4, 0.5) is 23.2 Å². The standard InChI is InChI=1S/C18H19F4N5O/c1-12-6-24-27(8-12)14-2-4-23-7-15(14)25-5-3-13(18(21,22)11-25)16(28)26-9-17(19,20)10-26/h2,4,6-8,13H,3,5,9-11H2,1H3. The summed E-state index contributed by atoms with van der Waals surface area (Å²) in [6.07, 6.45) is 6.35. The Kier molecular flexibility index (Phi) is 4.31. The largest absolute Gasteiger partial charge is 0.362 e. The molecule has 10 heteroatoms. The maximum Gasteiger partial charge on any atom is 0.282 e. The highest BCUT2D eigenvalue weighted by molar-refractivity contribution is 5.81. The predicted octanol–water partition coefficient (Wildman–Crippen LogP) is 2.51. The molecule has 2 saturated heterocycles. The molecule has 0 spiro atoms. The SMILES string of the molecule is Cc1cnn(-c2ccncc2N2CCC(C(=O)N3CC(F)(F)C3)C(F)(F)C2)c1. The van der Waals surface area contributed by atoms with Crippen LogP contribution in [-0.4, -0.2) is 63.6 Å². The minimum absolute atomic E-state index is 0.125. The Labute approximate surface area is 158 Å². The van der Waals surface area contributed by atoms with Crippen LogP contribution in [0.5, 0.6) is 0 Å². The monoisotopic (exact) mass is 397 g/mol. The van der Waals surface area contributed by atoms with Gasteiger partial charge in [-0.2, -0.15) is 5.10 Å². The molecular weight excluding hydrogens is 378 g/mol. The molecule has 0 bridgehead atoms. The first-order valence-electron chi connectivity index (χ1n) is 8.91. The van der Waals surface area contributed by atoms with Crippen LogP contribution in [0, 0.1) is 12.8 Å². The van der Waals surface area contributed by atoms with Crippen LogP contribution in [0.2, 0.25) is 0 Å². The quantitative estimate of drug-likeness (QED) is 0.747. The van der Waals surface area contributed by atoms with E-state index in [4.69, 9.17) is 0 Å². The van der Waals surface area contributed by atoms with Gasteiger partial charge in [0.15, 0.2) is 0 Å². The van der Waals surface area contributed by atoms with E-state index in [0.717, 1.165) is 10.5 Å². The molecule has 4 heterocycles. The lowest BCUT2D eigenvalue weighted by Gasteiger charge is -2.44. The third kappa shape index (κ3) is 3.31. The van der Waals surface area contributed by atoms with E-state index < -0.39 is 43.3 Å². The summed E-state index contributed by atoms with van der Waals surface area (Å²) in [5, 5.41) is 4.22. The molecule has 1 amide bonds. The first-order valence-corrected chi connectivity index (χ1v) is 8.91. The van der Waals surface area contributed by atoms with Crippen molar-refractivity contribution in [3.05, 3.63) is 36.4 Å². The third-order valence-corrected chi connectivity index (χ3v) is 5.13. The Balaban J connectivity index is 1.54. The molecule has 2 aromatic rings. The summed E-state index contributed by atoms with van der Waals surface area (Å²) < 4.78 is 57.2. The maximum absolute atomic E-state index is 14.8. The smallest absolute Gasteiger partial charge is 0.282 e. The normalized spacial score (nSPS) is 23.4. The number of hydrogen-bond donors (Lipinski definition) is 0. The van der Waals surface area contributed by atoms with Crippen molar-refractivity contribution >= 4 is 11.6 Å². The van der Waals surface area contributed by atoms with Gasteiger partial charge in [0.05, 0.1) is 43.4 Å². The van der Waals surface area contributed by atoms with E-state index in [0.29, 0.717) is 11.4 Å². The minimum Gasteiger partial charge on any atom is -0.362 e. The molecule has 0 radical (unpaired) electrons. The molecule has 2 aliphatic heterocycles. The van der Waals surface area contributed by atoms with Gasteiger partial charge in [-0.25, -0.2) is 22.2 Å². The van der Waals surface area contributed by atoms with Crippen molar-refractivity contribution in [2.75, 3.05) is 31.1 Å². The Hall–Kier alpha value is -2.65. The van der Waals surface area contributed by atoms with Crippen molar-refractivity contribution in [2.24, 2.45) is 5.92 Å². The van der Waals surface area contributed by atoms with E-state index in [1.165, 1.54) is 11.1 Å². The second kappa shape index (κ2) is 6.46. The molecule has 1 atom stereocenters. The van der Waals surface area contributed by atoms with E-state index in [1.807, 2.05) is 6.92 Å². The molecule has 2 fully saturated rings. The number of carbonyl (C=O) groups excluding carboxylic acids is 1. The molecule has 28 heavy (non-hydrogen) atoms. The zero-order valence-electron chi connectivity index (χ0n) is 15.2. The van der Waals surface area contributed by atoms with Crippen molar-refractivity contribution in [1.29, 1.82) is 0 Å². The highest BCUT2D eigenvalue weighted by atomic mass is 19.3. The molecule has 0 aliphatic carbocycles. The molecule has 6 nitrogen and oxygen atoms in total. The summed E-state index contributed by atoms with van der Waals surface area (Å²) in [5.41, 5.74) is 2.00. The third-order valence-electron chi connectivity index (χ3n) is 5.13. The Morgan fingerprint density at radius 2 is 1.89 bits per heavy atom. The topological polar surface area (TPSA) is 54.3 Å². The number of piperidine rings is 1. The number of hydrogen-bond acceptors (Lipinski definition) is 4. The molecule has 2 aliphatic rings. The van der Waals surface area contributed by atoms with Crippen LogP contribution in [-0.2, 0) is 4.79 Å². The van der Waals surface area contributed by atoms with Gasteiger partial charge in [0, 0.05) is 18.9 Å². The van der Waals surface area contributed by atoms with Gasteiger partial charge < -0.3 is 9.80 Å². The highest BCUT2D eigenvalue weighted by Gasteiger charge is 2.54. The van der Waals surface area contributed by atoms with Crippen LogP contribution < -0.4 is 4.90 Å². The molecule has 4 rings (SSSR count).